The van der Waals surface area contributed by atoms with E-state index in [9.17, 15) is 4.79 Å². The summed E-state index contributed by atoms with van der Waals surface area (Å²) in [5.74, 6) is 0.000463. The van der Waals surface area contributed by atoms with Gasteiger partial charge in [0.05, 0.1) is 5.69 Å². The average molecular weight is 296 g/mol. The zero-order valence-electron chi connectivity index (χ0n) is 12.2. The first kappa shape index (κ1) is 12.5. The summed E-state index contributed by atoms with van der Waals surface area (Å²) in [7, 11) is 0. The van der Waals surface area contributed by atoms with Crippen LogP contribution in [0, 0.1) is 0 Å². The second-order valence-corrected chi connectivity index (χ2v) is 5.85. The molecule has 1 heterocycles. The molecule has 1 aliphatic heterocycles. The molecule has 1 spiro atoms. The van der Waals surface area contributed by atoms with Gasteiger partial charge in [-0.3, -0.25) is 4.79 Å². The van der Waals surface area contributed by atoms with Crippen molar-refractivity contribution in [3.8, 4) is 11.1 Å². The van der Waals surface area contributed by atoms with Gasteiger partial charge >= 0.3 is 0 Å². The molecule has 3 aromatic rings. The number of azo groups is 1. The third kappa shape index (κ3) is 1.41. The smallest absolute Gasteiger partial charge is 0.202 e. The van der Waals surface area contributed by atoms with Gasteiger partial charge in [-0.2, -0.15) is 10.2 Å². The molecule has 0 fully saturated rings. The Morgan fingerprint density at radius 3 is 2.09 bits per heavy atom. The molecule has 1 unspecified atom stereocenters. The standard InChI is InChI=1S/C20H12N2O/c23-19-15-9-2-1-7-13(15)14-8-3-4-10-16(14)20(19)17-11-5-6-12-18(17)21-22-20/h1-12H. The van der Waals surface area contributed by atoms with Crippen LogP contribution in [0.2, 0.25) is 0 Å². The molecule has 0 saturated carbocycles. The Kier molecular flexibility index (Phi) is 2.29. The molecule has 1 aliphatic carbocycles. The number of fused-ring (bicyclic) bond motifs is 6. The van der Waals surface area contributed by atoms with Gasteiger partial charge in [0.2, 0.25) is 5.78 Å². The number of rotatable bonds is 0. The van der Waals surface area contributed by atoms with E-state index in [0.717, 1.165) is 27.9 Å². The van der Waals surface area contributed by atoms with Crippen LogP contribution in [0.15, 0.2) is 83.0 Å². The molecular weight excluding hydrogens is 284 g/mol. The quantitative estimate of drug-likeness (QED) is 0.582. The number of hydrogen-bond acceptors (Lipinski definition) is 3. The first-order valence-corrected chi connectivity index (χ1v) is 7.58. The largest absolute Gasteiger partial charge is 0.291 e. The number of carbonyl (C=O) groups excluding carboxylic acids is 1. The van der Waals surface area contributed by atoms with E-state index in [1.54, 1.807) is 0 Å². The third-order valence-corrected chi connectivity index (χ3v) is 4.71. The lowest BCUT2D eigenvalue weighted by Crippen LogP contribution is -2.37. The van der Waals surface area contributed by atoms with Gasteiger partial charge in [0.1, 0.15) is 0 Å². The van der Waals surface area contributed by atoms with E-state index < -0.39 is 5.54 Å². The van der Waals surface area contributed by atoms with Crippen molar-refractivity contribution in [3.05, 3.63) is 89.5 Å². The van der Waals surface area contributed by atoms with Gasteiger partial charge in [0, 0.05) is 16.7 Å². The van der Waals surface area contributed by atoms with Crippen LogP contribution in [0.3, 0.4) is 0 Å². The highest BCUT2D eigenvalue weighted by atomic mass is 16.1. The highest BCUT2D eigenvalue weighted by Crippen LogP contribution is 2.53. The second kappa shape index (κ2) is 4.23. The summed E-state index contributed by atoms with van der Waals surface area (Å²) < 4.78 is 0. The molecular formula is C20H12N2O. The molecule has 0 amide bonds. The number of benzene rings is 3. The molecule has 108 valence electrons. The molecule has 3 aromatic carbocycles. The van der Waals surface area contributed by atoms with Gasteiger partial charge in [-0.1, -0.05) is 66.7 Å². The van der Waals surface area contributed by atoms with Crippen LogP contribution < -0.4 is 0 Å². The van der Waals surface area contributed by atoms with E-state index in [0.29, 0.717) is 5.56 Å². The van der Waals surface area contributed by atoms with Crippen LogP contribution in [-0.4, -0.2) is 5.78 Å². The Bertz CT molecular complexity index is 1010. The summed E-state index contributed by atoms with van der Waals surface area (Å²) in [6.45, 7) is 0. The lowest BCUT2D eigenvalue weighted by molar-refractivity contribution is 0.0914. The van der Waals surface area contributed by atoms with E-state index in [-0.39, 0.29) is 5.78 Å². The van der Waals surface area contributed by atoms with Crippen LogP contribution in [0.5, 0.6) is 0 Å². The van der Waals surface area contributed by atoms with Crippen LogP contribution in [0.4, 0.5) is 5.69 Å². The van der Waals surface area contributed by atoms with Gasteiger partial charge in [-0.15, -0.1) is 0 Å². The minimum Gasteiger partial charge on any atom is -0.291 e. The summed E-state index contributed by atoms with van der Waals surface area (Å²) >= 11 is 0. The number of ketones is 1. The van der Waals surface area contributed by atoms with Crippen molar-refractivity contribution >= 4 is 11.5 Å². The number of hydrogen-bond donors (Lipinski definition) is 0. The molecule has 0 saturated heterocycles. The molecule has 0 bridgehead atoms. The lowest BCUT2D eigenvalue weighted by Gasteiger charge is -2.32. The Hall–Kier alpha value is -3.07. The Balaban J connectivity index is 1.93. The minimum atomic E-state index is -1.04. The number of nitrogens with zero attached hydrogens (tertiary/aromatic N) is 2. The van der Waals surface area contributed by atoms with Crippen molar-refractivity contribution in [1.29, 1.82) is 0 Å². The van der Waals surface area contributed by atoms with Crippen LogP contribution in [0.1, 0.15) is 21.5 Å². The molecule has 2 aliphatic rings. The summed E-state index contributed by atoms with van der Waals surface area (Å²) in [6.07, 6.45) is 0. The second-order valence-electron chi connectivity index (χ2n) is 5.85. The van der Waals surface area contributed by atoms with Crippen LogP contribution in [-0.2, 0) is 5.54 Å². The fourth-order valence-electron chi connectivity index (χ4n) is 3.68. The molecule has 3 heteroatoms. The normalized spacial score (nSPS) is 20.3. The van der Waals surface area contributed by atoms with Gasteiger partial charge in [0.15, 0.2) is 5.54 Å². The fraction of sp³-hybridized carbons (Fsp3) is 0.0500. The van der Waals surface area contributed by atoms with Gasteiger partial charge in [-0.05, 0) is 17.2 Å². The van der Waals surface area contributed by atoms with Gasteiger partial charge in [0.25, 0.3) is 0 Å². The first-order chi connectivity index (χ1) is 11.3. The highest BCUT2D eigenvalue weighted by Gasteiger charge is 2.51. The van der Waals surface area contributed by atoms with Gasteiger partial charge in [-0.25, -0.2) is 0 Å². The van der Waals surface area contributed by atoms with Crippen molar-refractivity contribution < 1.29 is 4.79 Å². The Morgan fingerprint density at radius 1 is 0.652 bits per heavy atom. The predicted octanol–water partition coefficient (Wildman–Crippen LogP) is 4.89. The highest BCUT2D eigenvalue weighted by molar-refractivity contribution is 6.15. The minimum absolute atomic E-state index is 0.000463. The molecule has 0 aromatic heterocycles. The van der Waals surface area contributed by atoms with Gasteiger partial charge < -0.3 is 0 Å². The molecule has 1 atom stereocenters. The van der Waals surface area contributed by atoms with E-state index in [1.165, 1.54) is 0 Å². The first-order valence-electron chi connectivity index (χ1n) is 7.58. The summed E-state index contributed by atoms with van der Waals surface area (Å²) in [5, 5.41) is 8.79. The molecule has 5 rings (SSSR count). The van der Waals surface area contributed by atoms with E-state index >= 15 is 0 Å². The molecule has 23 heavy (non-hydrogen) atoms. The van der Waals surface area contributed by atoms with Crippen molar-refractivity contribution in [1.82, 2.24) is 0 Å². The van der Waals surface area contributed by atoms with Crippen LogP contribution >= 0.6 is 0 Å². The molecule has 0 N–H and O–H groups in total. The average Bonchev–Trinajstić information content (AvgIpc) is 3.01. The predicted molar refractivity (Wildman–Crippen MR) is 87.9 cm³/mol. The van der Waals surface area contributed by atoms with Crippen molar-refractivity contribution in [2.75, 3.05) is 0 Å². The summed E-state index contributed by atoms with van der Waals surface area (Å²) in [6, 6.07) is 23.5. The third-order valence-electron chi connectivity index (χ3n) is 4.71. The Morgan fingerprint density at radius 2 is 1.26 bits per heavy atom. The maximum Gasteiger partial charge on any atom is 0.202 e. The zero-order chi connectivity index (χ0) is 15.4. The van der Waals surface area contributed by atoms with Crippen LogP contribution in [0.25, 0.3) is 11.1 Å². The maximum absolute atomic E-state index is 13.4. The van der Waals surface area contributed by atoms with E-state index in [4.69, 9.17) is 0 Å². The zero-order valence-corrected chi connectivity index (χ0v) is 12.2. The molecule has 3 nitrogen and oxygen atoms in total. The lowest BCUT2D eigenvalue weighted by atomic mass is 9.70. The Labute approximate surface area is 133 Å². The number of Topliss-reactive ketones (excluding diaryl/α,β-unsaturated/α-hetero) is 1. The van der Waals surface area contributed by atoms with E-state index in [2.05, 4.69) is 16.3 Å². The molecule has 0 radical (unpaired) electrons. The monoisotopic (exact) mass is 296 g/mol. The number of carbonyl (C=O) groups is 1. The van der Waals surface area contributed by atoms with Crippen molar-refractivity contribution in [2.24, 2.45) is 10.2 Å². The summed E-state index contributed by atoms with van der Waals surface area (Å²) in [4.78, 5) is 13.4. The topological polar surface area (TPSA) is 41.8 Å². The van der Waals surface area contributed by atoms with E-state index in [1.807, 2.05) is 66.7 Å². The van der Waals surface area contributed by atoms with Crippen molar-refractivity contribution in [2.45, 2.75) is 5.54 Å². The summed E-state index contributed by atoms with van der Waals surface area (Å²) in [5.41, 5.74) is 4.25. The fourth-order valence-corrected chi connectivity index (χ4v) is 3.68. The maximum atomic E-state index is 13.4. The van der Waals surface area contributed by atoms with Crippen molar-refractivity contribution in [3.63, 3.8) is 0 Å². The SMILES string of the molecule is O=C1c2ccccc2-c2ccccc2C12N=Nc1ccccc12.